The van der Waals surface area contributed by atoms with Gasteiger partial charge in [0.25, 0.3) is 0 Å². The monoisotopic (exact) mass is 519 g/mol. The molecular weight excluding hydrogens is 490 g/mol. The normalized spacial score (nSPS) is 16.9. The third-order valence-electron chi connectivity index (χ3n) is 6.75. The minimum Gasteiger partial charge on any atom is -0.474 e. The summed E-state index contributed by atoms with van der Waals surface area (Å²) in [4.78, 5) is 4.42. The molecule has 0 saturated heterocycles. The van der Waals surface area contributed by atoms with E-state index < -0.39 is 0 Å². The van der Waals surface area contributed by atoms with Gasteiger partial charge in [0.15, 0.2) is 0 Å². The standard InChI is InChI=1S/C29H30ClN3O2S/c1-19(2)35-26-25(30)16-22(17-31-26)27-32-33-28(36-27)29(13-12-23-20(3)8-7-11-24(23)29)14-15-34-18-21-9-5-4-6-10-21/h4-11,16-17,19H,12-15,18H2,1-3H3/t29-/m1/s1. The number of rotatable bonds is 9. The molecule has 5 nitrogen and oxygen atoms in total. The van der Waals surface area contributed by atoms with Gasteiger partial charge in [0, 0.05) is 18.4 Å². The van der Waals surface area contributed by atoms with Crippen LogP contribution in [0, 0.1) is 6.92 Å². The summed E-state index contributed by atoms with van der Waals surface area (Å²) in [6.07, 6.45) is 4.64. The molecule has 0 spiro atoms. The lowest BCUT2D eigenvalue weighted by molar-refractivity contribution is 0.106. The first kappa shape index (κ1) is 24.9. The molecule has 1 aliphatic carbocycles. The van der Waals surface area contributed by atoms with Crippen molar-refractivity contribution in [3.05, 3.63) is 93.1 Å². The summed E-state index contributed by atoms with van der Waals surface area (Å²) in [5.74, 6) is 0.437. The summed E-state index contributed by atoms with van der Waals surface area (Å²) < 4.78 is 11.8. The number of pyridine rings is 1. The van der Waals surface area contributed by atoms with Crippen LogP contribution in [0.15, 0.2) is 60.8 Å². The number of halogens is 1. The maximum atomic E-state index is 6.46. The van der Waals surface area contributed by atoms with Crippen LogP contribution in [0.4, 0.5) is 0 Å². The van der Waals surface area contributed by atoms with Crippen molar-refractivity contribution >= 4 is 22.9 Å². The zero-order valence-electron chi connectivity index (χ0n) is 20.8. The van der Waals surface area contributed by atoms with Crippen LogP contribution in [0.25, 0.3) is 10.6 Å². The number of fused-ring (bicyclic) bond motifs is 1. The fourth-order valence-electron chi connectivity index (χ4n) is 4.94. The Kier molecular flexibility index (Phi) is 7.37. The Morgan fingerprint density at radius 3 is 2.69 bits per heavy atom. The highest BCUT2D eigenvalue weighted by atomic mass is 35.5. The van der Waals surface area contributed by atoms with Gasteiger partial charge in [-0.3, -0.25) is 0 Å². The van der Waals surface area contributed by atoms with Crippen LogP contribution in [0.5, 0.6) is 5.88 Å². The molecule has 0 saturated carbocycles. The largest absolute Gasteiger partial charge is 0.474 e. The molecule has 2 heterocycles. The zero-order chi connectivity index (χ0) is 25.1. The first-order valence-corrected chi connectivity index (χ1v) is 13.5. The molecule has 4 aromatic rings. The van der Waals surface area contributed by atoms with Crippen molar-refractivity contribution in [1.82, 2.24) is 15.2 Å². The second kappa shape index (κ2) is 10.7. The average Bonchev–Trinajstić information content (AvgIpc) is 3.51. The molecule has 2 aromatic carbocycles. The number of aryl methyl sites for hydroxylation is 1. The maximum Gasteiger partial charge on any atom is 0.232 e. The van der Waals surface area contributed by atoms with Gasteiger partial charge >= 0.3 is 0 Å². The Balaban J connectivity index is 1.42. The predicted octanol–water partition coefficient (Wildman–Crippen LogP) is 7.19. The minimum atomic E-state index is -0.216. The van der Waals surface area contributed by atoms with E-state index in [9.17, 15) is 0 Å². The number of hydrogen-bond acceptors (Lipinski definition) is 6. The van der Waals surface area contributed by atoms with E-state index in [0.29, 0.717) is 24.1 Å². The summed E-state index contributed by atoms with van der Waals surface area (Å²) in [6, 6.07) is 18.8. The van der Waals surface area contributed by atoms with Crippen LogP contribution in [0.3, 0.4) is 0 Å². The number of nitrogens with zero attached hydrogens (tertiary/aromatic N) is 3. The molecule has 2 aromatic heterocycles. The van der Waals surface area contributed by atoms with Gasteiger partial charge in [-0.1, -0.05) is 71.5 Å². The van der Waals surface area contributed by atoms with Crippen LogP contribution in [-0.2, 0) is 23.2 Å². The van der Waals surface area contributed by atoms with Gasteiger partial charge in [0.05, 0.1) is 18.1 Å². The van der Waals surface area contributed by atoms with Crippen molar-refractivity contribution in [2.75, 3.05) is 6.61 Å². The van der Waals surface area contributed by atoms with E-state index in [1.165, 1.54) is 22.3 Å². The van der Waals surface area contributed by atoms with Crippen LogP contribution >= 0.6 is 22.9 Å². The molecule has 1 atom stereocenters. The van der Waals surface area contributed by atoms with Crippen LogP contribution in [0.1, 0.15) is 54.0 Å². The van der Waals surface area contributed by atoms with Crippen molar-refractivity contribution in [2.24, 2.45) is 0 Å². The zero-order valence-corrected chi connectivity index (χ0v) is 22.4. The van der Waals surface area contributed by atoms with Crippen LogP contribution in [0.2, 0.25) is 5.02 Å². The Labute approximate surface area is 221 Å². The molecule has 0 aliphatic heterocycles. The predicted molar refractivity (Wildman–Crippen MR) is 145 cm³/mol. The first-order chi connectivity index (χ1) is 17.5. The molecule has 0 fully saturated rings. The molecule has 0 N–H and O–H groups in total. The molecule has 0 bridgehead atoms. The highest BCUT2D eigenvalue weighted by Gasteiger charge is 2.43. The molecule has 7 heteroatoms. The Morgan fingerprint density at radius 1 is 1.08 bits per heavy atom. The number of ether oxygens (including phenoxy) is 2. The quantitative estimate of drug-likeness (QED) is 0.219. The van der Waals surface area contributed by atoms with E-state index in [0.717, 1.165) is 34.8 Å². The Bertz CT molecular complexity index is 1340. The highest BCUT2D eigenvalue weighted by Crippen LogP contribution is 2.49. The summed E-state index contributed by atoms with van der Waals surface area (Å²) in [7, 11) is 0. The van der Waals surface area contributed by atoms with Crippen molar-refractivity contribution in [2.45, 2.75) is 58.2 Å². The molecule has 0 radical (unpaired) electrons. The van der Waals surface area contributed by atoms with E-state index >= 15 is 0 Å². The van der Waals surface area contributed by atoms with Crippen LogP contribution in [-0.4, -0.2) is 27.9 Å². The van der Waals surface area contributed by atoms with E-state index in [-0.39, 0.29) is 11.5 Å². The van der Waals surface area contributed by atoms with Crippen molar-refractivity contribution in [3.8, 4) is 16.5 Å². The van der Waals surface area contributed by atoms with Crippen molar-refractivity contribution in [3.63, 3.8) is 0 Å². The molecule has 1 aliphatic rings. The molecule has 0 unspecified atom stereocenters. The fourth-order valence-corrected chi connectivity index (χ4v) is 6.24. The third-order valence-corrected chi connectivity index (χ3v) is 8.20. The smallest absolute Gasteiger partial charge is 0.232 e. The van der Waals surface area contributed by atoms with Gasteiger partial charge in [-0.2, -0.15) is 0 Å². The SMILES string of the molecule is Cc1cccc2c1CC[C@]2(CCOCc1ccccc1)c1nnc(-c2cnc(OC(C)C)c(Cl)c2)s1. The van der Waals surface area contributed by atoms with Gasteiger partial charge in [0.1, 0.15) is 15.0 Å². The summed E-state index contributed by atoms with van der Waals surface area (Å²) >= 11 is 8.07. The number of aromatic nitrogens is 3. The van der Waals surface area contributed by atoms with Gasteiger partial charge in [0.2, 0.25) is 5.88 Å². The second-order valence-corrected chi connectivity index (χ2v) is 10.9. The highest BCUT2D eigenvalue weighted by molar-refractivity contribution is 7.14. The van der Waals surface area contributed by atoms with E-state index in [2.05, 4.69) is 47.3 Å². The van der Waals surface area contributed by atoms with Crippen molar-refractivity contribution < 1.29 is 9.47 Å². The summed E-state index contributed by atoms with van der Waals surface area (Å²) in [6.45, 7) is 7.35. The van der Waals surface area contributed by atoms with Gasteiger partial charge in [-0.15, -0.1) is 10.2 Å². The number of benzene rings is 2. The molecule has 186 valence electrons. The van der Waals surface area contributed by atoms with E-state index in [1.807, 2.05) is 38.1 Å². The molecule has 36 heavy (non-hydrogen) atoms. The average molecular weight is 520 g/mol. The van der Waals surface area contributed by atoms with Gasteiger partial charge in [-0.25, -0.2) is 4.98 Å². The van der Waals surface area contributed by atoms with Crippen molar-refractivity contribution in [1.29, 1.82) is 0 Å². The van der Waals surface area contributed by atoms with Crippen LogP contribution < -0.4 is 4.74 Å². The van der Waals surface area contributed by atoms with Gasteiger partial charge < -0.3 is 9.47 Å². The lowest BCUT2D eigenvalue weighted by Gasteiger charge is -2.28. The van der Waals surface area contributed by atoms with E-state index in [4.69, 9.17) is 26.2 Å². The summed E-state index contributed by atoms with van der Waals surface area (Å²) in [5.41, 5.74) is 5.93. The van der Waals surface area contributed by atoms with Gasteiger partial charge in [-0.05, 0) is 68.4 Å². The second-order valence-electron chi connectivity index (χ2n) is 9.56. The molecular formula is C29H30ClN3O2S. The Morgan fingerprint density at radius 2 is 1.92 bits per heavy atom. The maximum absolute atomic E-state index is 6.46. The summed E-state index contributed by atoms with van der Waals surface area (Å²) in [5, 5.41) is 11.6. The van der Waals surface area contributed by atoms with E-state index in [1.54, 1.807) is 17.5 Å². The third kappa shape index (κ3) is 5.03. The topological polar surface area (TPSA) is 57.1 Å². The molecule has 0 amide bonds. The molecule has 5 rings (SSSR count). The minimum absolute atomic E-state index is 0.00356. The lowest BCUT2D eigenvalue weighted by atomic mass is 9.79. The first-order valence-electron chi connectivity index (χ1n) is 12.3. The number of hydrogen-bond donors (Lipinski definition) is 0. The lowest BCUT2D eigenvalue weighted by Crippen LogP contribution is -2.27. The Hall–Kier alpha value is -2.80. The fraction of sp³-hybridized carbons (Fsp3) is 0.345.